The van der Waals surface area contributed by atoms with Gasteiger partial charge < -0.3 is 14.4 Å². The van der Waals surface area contributed by atoms with Gasteiger partial charge in [-0.15, -0.1) is 0 Å². The summed E-state index contributed by atoms with van der Waals surface area (Å²) in [5.74, 6) is 1.23. The average Bonchev–Trinajstić information content (AvgIpc) is 2.87. The van der Waals surface area contributed by atoms with Crippen LogP contribution in [0.25, 0.3) is 0 Å². The summed E-state index contributed by atoms with van der Waals surface area (Å²) in [5.41, 5.74) is 2.74. The Morgan fingerprint density at radius 1 is 1.06 bits per heavy atom. The Labute approximate surface area is 197 Å². The molecule has 2 aromatic rings. The van der Waals surface area contributed by atoms with E-state index in [1.54, 1.807) is 7.11 Å². The normalized spacial score (nSPS) is 15.3. The number of hydrogen-bond donors (Lipinski definition) is 0. The summed E-state index contributed by atoms with van der Waals surface area (Å²) in [5, 5.41) is 9.02. The van der Waals surface area contributed by atoms with Crippen LogP contribution in [0, 0.1) is 17.2 Å². The first-order chi connectivity index (χ1) is 16.1. The van der Waals surface area contributed by atoms with Gasteiger partial charge in [0.05, 0.1) is 31.5 Å². The predicted molar refractivity (Wildman–Crippen MR) is 129 cm³/mol. The van der Waals surface area contributed by atoms with Crippen molar-refractivity contribution in [3.63, 3.8) is 0 Å². The first-order valence-corrected chi connectivity index (χ1v) is 11.8. The molecule has 6 nitrogen and oxygen atoms in total. The van der Waals surface area contributed by atoms with Crippen LogP contribution in [0.1, 0.15) is 49.5 Å². The number of piperazine rings is 1. The summed E-state index contributed by atoms with van der Waals surface area (Å²) in [6, 6.07) is 17.7. The lowest BCUT2D eigenvalue weighted by molar-refractivity contribution is -0.137. The van der Waals surface area contributed by atoms with Gasteiger partial charge in [0.25, 0.3) is 0 Å². The minimum atomic E-state index is -0.128. The molecule has 1 fully saturated rings. The molecule has 0 saturated carbocycles. The van der Waals surface area contributed by atoms with E-state index in [9.17, 15) is 4.79 Å². The van der Waals surface area contributed by atoms with Gasteiger partial charge in [0, 0.05) is 38.6 Å². The molecule has 2 aromatic carbocycles. The lowest BCUT2D eigenvalue weighted by Gasteiger charge is -2.37. The second-order valence-electron chi connectivity index (χ2n) is 8.52. The molecule has 0 N–H and O–H groups in total. The topological polar surface area (TPSA) is 65.8 Å². The highest BCUT2D eigenvalue weighted by Crippen LogP contribution is 2.25. The highest BCUT2D eigenvalue weighted by atomic mass is 16.5. The number of methoxy groups -OCH3 is 1. The van der Waals surface area contributed by atoms with Gasteiger partial charge in [0.15, 0.2) is 0 Å². The SMILES string of the molecule is CCC(CC)C(=O)N1CCN(C[C@H](OCc2ccc(C#N)cc2)c2cccc(OC)c2)CC1. The van der Waals surface area contributed by atoms with E-state index in [0.29, 0.717) is 18.1 Å². The Morgan fingerprint density at radius 2 is 1.76 bits per heavy atom. The Hall–Kier alpha value is -2.88. The largest absolute Gasteiger partial charge is 0.497 e. The lowest BCUT2D eigenvalue weighted by Crippen LogP contribution is -2.51. The van der Waals surface area contributed by atoms with Crippen LogP contribution in [-0.2, 0) is 16.1 Å². The molecule has 0 spiro atoms. The third-order valence-electron chi connectivity index (χ3n) is 6.44. The van der Waals surface area contributed by atoms with Gasteiger partial charge in [0.1, 0.15) is 5.75 Å². The molecular weight excluding hydrogens is 414 g/mol. The zero-order valence-electron chi connectivity index (χ0n) is 20.0. The molecule has 0 radical (unpaired) electrons. The molecule has 6 heteroatoms. The third kappa shape index (κ3) is 6.80. The van der Waals surface area contributed by atoms with Gasteiger partial charge >= 0.3 is 0 Å². The molecule has 1 aliphatic rings. The van der Waals surface area contributed by atoms with Crippen molar-refractivity contribution >= 4 is 5.91 Å². The van der Waals surface area contributed by atoms with Crippen molar-refractivity contribution in [1.82, 2.24) is 9.80 Å². The average molecular weight is 450 g/mol. The molecular formula is C27H35N3O3. The molecule has 1 heterocycles. The maximum atomic E-state index is 12.7. The highest BCUT2D eigenvalue weighted by molar-refractivity contribution is 5.78. The number of hydrogen-bond acceptors (Lipinski definition) is 5. The van der Waals surface area contributed by atoms with Gasteiger partial charge in [0.2, 0.25) is 5.91 Å². The summed E-state index contributed by atoms with van der Waals surface area (Å²) in [7, 11) is 1.67. The monoisotopic (exact) mass is 449 g/mol. The first-order valence-electron chi connectivity index (χ1n) is 11.8. The van der Waals surface area contributed by atoms with Crippen LogP contribution in [0.3, 0.4) is 0 Å². The maximum Gasteiger partial charge on any atom is 0.225 e. The van der Waals surface area contributed by atoms with E-state index >= 15 is 0 Å². The number of carbonyl (C=O) groups is 1. The zero-order chi connectivity index (χ0) is 23.6. The molecule has 0 aromatic heterocycles. The minimum Gasteiger partial charge on any atom is -0.497 e. The molecule has 1 atom stereocenters. The van der Waals surface area contributed by atoms with Gasteiger partial charge in [-0.25, -0.2) is 0 Å². The summed E-state index contributed by atoms with van der Waals surface area (Å²) >= 11 is 0. The molecule has 1 amide bonds. The van der Waals surface area contributed by atoms with Crippen LogP contribution in [0.5, 0.6) is 5.75 Å². The number of rotatable bonds is 10. The summed E-state index contributed by atoms with van der Waals surface area (Å²) in [6.45, 7) is 8.58. The van der Waals surface area contributed by atoms with E-state index in [0.717, 1.165) is 62.4 Å². The molecule has 33 heavy (non-hydrogen) atoms. The minimum absolute atomic E-state index is 0.128. The summed E-state index contributed by atoms with van der Waals surface area (Å²) < 4.78 is 11.8. The number of nitrogens with zero attached hydrogens (tertiary/aromatic N) is 3. The van der Waals surface area contributed by atoms with Gasteiger partial charge in [-0.3, -0.25) is 9.69 Å². The Kier molecular flexibility index (Phi) is 9.29. The second kappa shape index (κ2) is 12.4. The van der Waals surface area contributed by atoms with Crippen LogP contribution in [0.4, 0.5) is 0 Å². The van der Waals surface area contributed by atoms with E-state index < -0.39 is 0 Å². The molecule has 1 aliphatic heterocycles. The van der Waals surface area contributed by atoms with Crippen molar-refractivity contribution in [3.05, 3.63) is 65.2 Å². The fraction of sp³-hybridized carbons (Fsp3) is 0.481. The number of nitriles is 1. The first kappa shape index (κ1) is 24.8. The molecule has 0 bridgehead atoms. The van der Waals surface area contributed by atoms with Crippen molar-refractivity contribution < 1.29 is 14.3 Å². The van der Waals surface area contributed by atoms with Crippen LogP contribution in [0.2, 0.25) is 0 Å². The number of carbonyl (C=O) groups excluding carboxylic acids is 1. The quantitative estimate of drug-likeness (QED) is 0.538. The Morgan fingerprint density at radius 3 is 2.36 bits per heavy atom. The number of benzene rings is 2. The van der Waals surface area contributed by atoms with Crippen molar-refractivity contribution in [2.75, 3.05) is 39.8 Å². The molecule has 1 saturated heterocycles. The molecule has 0 aliphatic carbocycles. The summed E-state index contributed by atoms with van der Waals surface area (Å²) in [4.78, 5) is 17.1. The fourth-order valence-corrected chi connectivity index (χ4v) is 4.25. The fourth-order valence-electron chi connectivity index (χ4n) is 4.25. The summed E-state index contributed by atoms with van der Waals surface area (Å²) in [6.07, 6.45) is 1.67. The number of amides is 1. The van der Waals surface area contributed by atoms with E-state index in [1.165, 1.54) is 0 Å². The molecule has 0 unspecified atom stereocenters. The van der Waals surface area contributed by atoms with Crippen LogP contribution in [-0.4, -0.2) is 55.5 Å². The van der Waals surface area contributed by atoms with Crippen LogP contribution in [0.15, 0.2) is 48.5 Å². The lowest BCUT2D eigenvalue weighted by atomic mass is 10.0. The second-order valence-corrected chi connectivity index (χ2v) is 8.52. The van der Waals surface area contributed by atoms with E-state index in [1.807, 2.05) is 47.4 Å². The van der Waals surface area contributed by atoms with Gasteiger partial charge in [-0.05, 0) is 48.2 Å². The van der Waals surface area contributed by atoms with Crippen molar-refractivity contribution in [3.8, 4) is 11.8 Å². The predicted octanol–water partition coefficient (Wildman–Crippen LogP) is 4.41. The maximum absolute atomic E-state index is 12.7. The standard InChI is InChI=1S/C27H35N3O3/c1-4-23(5-2)27(31)30-15-13-29(14-16-30)19-26(24-7-6-8-25(17-24)32-3)33-20-22-11-9-21(18-28)10-12-22/h6-12,17,23,26H,4-5,13-16,19-20H2,1-3H3/t26-/m0/s1. The van der Waals surface area contributed by atoms with Crippen molar-refractivity contribution in [2.24, 2.45) is 5.92 Å². The zero-order valence-corrected chi connectivity index (χ0v) is 20.0. The molecule has 3 rings (SSSR count). The van der Waals surface area contributed by atoms with Gasteiger partial charge in [-0.1, -0.05) is 38.1 Å². The van der Waals surface area contributed by atoms with E-state index in [4.69, 9.17) is 14.7 Å². The van der Waals surface area contributed by atoms with Crippen LogP contribution < -0.4 is 4.74 Å². The van der Waals surface area contributed by atoms with E-state index in [2.05, 4.69) is 30.9 Å². The smallest absolute Gasteiger partial charge is 0.225 e. The van der Waals surface area contributed by atoms with Crippen molar-refractivity contribution in [1.29, 1.82) is 5.26 Å². The Bertz CT molecular complexity index is 926. The highest BCUT2D eigenvalue weighted by Gasteiger charge is 2.27. The molecule has 176 valence electrons. The van der Waals surface area contributed by atoms with Crippen molar-refractivity contribution in [2.45, 2.75) is 39.4 Å². The van der Waals surface area contributed by atoms with E-state index in [-0.39, 0.29) is 12.0 Å². The van der Waals surface area contributed by atoms with Gasteiger partial charge in [-0.2, -0.15) is 5.26 Å². The Balaban J connectivity index is 1.65. The number of ether oxygens (including phenoxy) is 2. The third-order valence-corrected chi connectivity index (χ3v) is 6.44. The van der Waals surface area contributed by atoms with Crippen LogP contribution >= 0.6 is 0 Å².